The topological polar surface area (TPSA) is 104 Å². The Morgan fingerprint density at radius 3 is 2.86 bits per heavy atom. The van der Waals surface area contributed by atoms with Gasteiger partial charge in [0.15, 0.2) is 0 Å². The highest BCUT2D eigenvalue weighted by molar-refractivity contribution is 6.01. The van der Waals surface area contributed by atoms with Gasteiger partial charge in [0.2, 0.25) is 5.67 Å². The van der Waals surface area contributed by atoms with E-state index in [1.54, 1.807) is 19.1 Å². The third-order valence-electron chi connectivity index (χ3n) is 5.22. The number of carbonyl (C=O) groups is 2. The van der Waals surface area contributed by atoms with Crippen molar-refractivity contribution < 1.29 is 27.8 Å². The molecule has 1 aliphatic carbocycles. The molecule has 3 N–H and O–H groups in total. The fourth-order valence-corrected chi connectivity index (χ4v) is 3.69. The van der Waals surface area contributed by atoms with Crippen molar-refractivity contribution in [2.24, 2.45) is 5.73 Å². The van der Waals surface area contributed by atoms with Crippen LogP contribution in [0, 0.1) is 0 Å². The highest BCUT2D eigenvalue weighted by Crippen LogP contribution is 2.51. The fourth-order valence-electron chi connectivity index (χ4n) is 3.69. The van der Waals surface area contributed by atoms with E-state index in [9.17, 15) is 18.4 Å². The lowest BCUT2D eigenvalue weighted by Crippen LogP contribution is -2.36. The molecule has 2 aliphatic rings. The van der Waals surface area contributed by atoms with Gasteiger partial charge < -0.3 is 20.5 Å². The summed E-state index contributed by atoms with van der Waals surface area (Å²) in [6.45, 7) is 0.751. The molecule has 1 spiro atoms. The van der Waals surface area contributed by atoms with Crippen LogP contribution in [-0.4, -0.2) is 47.4 Å². The fraction of sp³-hybridized carbons (Fsp3) is 0.421. The number of nitrogens with zero attached hydrogens (tertiary/aromatic N) is 1. The summed E-state index contributed by atoms with van der Waals surface area (Å²) in [6.07, 6.45) is 1.13. The minimum absolute atomic E-state index is 0.204. The first kappa shape index (κ1) is 18.4. The van der Waals surface area contributed by atoms with Crippen molar-refractivity contribution in [1.29, 1.82) is 0 Å². The highest BCUT2D eigenvalue weighted by atomic mass is 19.2. The number of fused-ring (bicyclic) bond motifs is 1. The summed E-state index contributed by atoms with van der Waals surface area (Å²) in [4.78, 5) is 27.7. The molecule has 3 atom stereocenters. The number of primary amides is 1. The number of alkyl halides is 2. The number of nitrogens with two attached hydrogens (primary N) is 1. The summed E-state index contributed by atoms with van der Waals surface area (Å²) in [5, 5.41) is 3.12. The van der Waals surface area contributed by atoms with Gasteiger partial charge in [-0.3, -0.25) is 14.6 Å². The van der Waals surface area contributed by atoms with Crippen LogP contribution < -0.4 is 20.5 Å². The minimum atomic E-state index is -2.50. The Morgan fingerprint density at radius 2 is 2.21 bits per heavy atom. The van der Waals surface area contributed by atoms with Crippen molar-refractivity contribution in [3.8, 4) is 11.5 Å². The number of aromatic nitrogens is 1. The van der Waals surface area contributed by atoms with Crippen LogP contribution in [0.2, 0.25) is 0 Å². The maximum atomic E-state index is 14.3. The Bertz CT molecular complexity index is 985. The van der Waals surface area contributed by atoms with Gasteiger partial charge in [0.1, 0.15) is 24.3 Å². The predicted octanol–water partition coefficient (Wildman–Crippen LogP) is 1.82. The Hall–Kier alpha value is -2.97. The van der Waals surface area contributed by atoms with Gasteiger partial charge in [0, 0.05) is 24.4 Å². The summed E-state index contributed by atoms with van der Waals surface area (Å²) in [7, 11) is 0. The first-order valence-electron chi connectivity index (χ1n) is 8.91. The first-order chi connectivity index (χ1) is 13.3. The third-order valence-corrected chi connectivity index (χ3v) is 5.22. The van der Waals surface area contributed by atoms with Gasteiger partial charge in [-0.15, -0.1) is 0 Å². The lowest BCUT2D eigenvalue weighted by Gasteiger charge is -2.15. The number of halogens is 2. The van der Waals surface area contributed by atoms with Gasteiger partial charge in [-0.2, -0.15) is 0 Å². The van der Waals surface area contributed by atoms with E-state index in [0.717, 1.165) is 0 Å². The van der Waals surface area contributed by atoms with Crippen molar-refractivity contribution in [1.82, 2.24) is 10.3 Å². The monoisotopic (exact) mass is 391 g/mol. The average molecular weight is 391 g/mol. The van der Waals surface area contributed by atoms with Crippen molar-refractivity contribution in [2.75, 3.05) is 13.3 Å². The summed E-state index contributed by atoms with van der Waals surface area (Å²) in [5.41, 5.74) is 2.69. The lowest BCUT2D eigenvalue weighted by molar-refractivity contribution is -0.130. The number of pyridine rings is 1. The van der Waals surface area contributed by atoms with E-state index in [1.165, 1.54) is 12.3 Å². The molecule has 1 aromatic heterocycles. The minimum Gasteiger partial charge on any atom is -0.493 e. The van der Waals surface area contributed by atoms with E-state index < -0.39 is 35.8 Å². The molecular weight excluding hydrogens is 372 g/mol. The molecule has 0 bridgehead atoms. The van der Waals surface area contributed by atoms with Crippen molar-refractivity contribution in [2.45, 2.75) is 37.1 Å². The third kappa shape index (κ3) is 2.81. The van der Waals surface area contributed by atoms with Gasteiger partial charge in [-0.05, 0) is 25.1 Å². The number of carbonyl (C=O) groups excluding carboxylic acids is 2. The number of hydrogen-bond donors (Lipinski definition) is 2. The van der Waals surface area contributed by atoms with Crippen LogP contribution in [0.5, 0.6) is 11.5 Å². The zero-order chi connectivity index (χ0) is 20.1. The zero-order valence-corrected chi connectivity index (χ0v) is 15.1. The Labute approximate surface area is 159 Å². The molecule has 9 heteroatoms. The summed E-state index contributed by atoms with van der Waals surface area (Å²) >= 11 is 0. The second-order valence-corrected chi connectivity index (χ2v) is 7.17. The van der Waals surface area contributed by atoms with Gasteiger partial charge in [-0.1, -0.05) is 0 Å². The highest BCUT2D eigenvalue weighted by Gasteiger charge is 2.68. The molecule has 148 valence electrons. The molecule has 28 heavy (non-hydrogen) atoms. The quantitative estimate of drug-likeness (QED) is 0.782. The van der Waals surface area contributed by atoms with Crippen LogP contribution in [0.25, 0.3) is 10.9 Å². The van der Waals surface area contributed by atoms with Gasteiger partial charge in [-0.25, -0.2) is 8.78 Å². The van der Waals surface area contributed by atoms with Crippen LogP contribution in [0.4, 0.5) is 8.78 Å². The number of benzene rings is 1. The van der Waals surface area contributed by atoms with Crippen LogP contribution in [0.15, 0.2) is 24.4 Å². The SMILES string of the molecule is CCOc1cc2c(O[C@@H]3CC34C[C@@](F)(CF)C(=O)N4)ccnc2cc1C(N)=O. The number of ether oxygens (including phenoxy) is 2. The molecule has 1 saturated carbocycles. The van der Waals surface area contributed by atoms with Gasteiger partial charge in [0.05, 0.1) is 23.2 Å². The molecule has 7 nitrogen and oxygen atoms in total. The van der Waals surface area contributed by atoms with Gasteiger partial charge in [0.25, 0.3) is 11.8 Å². The molecule has 2 fully saturated rings. The maximum absolute atomic E-state index is 14.3. The zero-order valence-electron chi connectivity index (χ0n) is 15.1. The van der Waals surface area contributed by atoms with Crippen LogP contribution in [0.1, 0.15) is 30.1 Å². The molecule has 1 unspecified atom stereocenters. The molecule has 1 aliphatic heterocycles. The molecule has 1 aromatic carbocycles. The van der Waals surface area contributed by atoms with E-state index >= 15 is 0 Å². The van der Waals surface area contributed by atoms with E-state index in [0.29, 0.717) is 35.4 Å². The van der Waals surface area contributed by atoms with Crippen molar-refractivity contribution in [3.05, 3.63) is 30.0 Å². The molecule has 2 heterocycles. The van der Waals surface area contributed by atoms with E-state index in [1.807, 2.05) is 0 Å². The molecule has 2 amide bonds. The summed E-state index contributed by atoms with van der Waals surface area (Å²) in [6, 6.07) is 4.76. The normalized spacial score (nSPS) is 28.4. The Morgan fingerprint density at radius 1 is 1.43 bits per heavy atom. The van der Waals surface area contributed by atoms with E-state index in [-0.39, 0.29) is 12.0 Å². The van der Waals surface area contributed by atoms with E-state index in [2.05, 4.69) is 10.3 Å². The van der Waals surface area contributed by atoms with E-state index in [4.69, 9.17) is 15.2 Å². The van der Waals surface area contributed by atoms with Gasteiger partial charge >= 0.3 is 0 Å². The van der Waals surface area contributed by atoms with Crippen molar-refractivity contribution in [3.63, 3.8) is 0 Å². The molecule has 4 rings (SSSR count). The Balaban J connectivity index is 1.65. The van der Waals surface area contributed by atoms with Crippen LogP contribution >= 0.6 is 0 Å². The number of amides is 2. The number of nitrogens with one attached hydrogen (secondary N) is 1. The molecule has 1 saturated heterocycles. The molecule has 0 radical (unpaired) electrons. The lowest BCUT2D eigenvalue weighted by atomic mass is 10.0. The predicted molar refractivity (Wildman–Crippen MR) is 95.8 cm³/mol. The average Bonchev–Trinajstić information content (AvgIpc) is 3.23. The standard InChI is InChI=1S/C19H19F2N3O4/c1-2-27-14-6-10-12(5-11(14)16(22)25)23-4-3-13(10)28-15-7-19(15)8-18(21,9-20)17(26)24-19/h3-6,15H,2,7-9H2,1H3,(H2,22,25)(H,24,26)/t15-,18-,19?/m1/s1. The largest absolute Gasteiger partial charge is 0.493 e. The Kier molecular flexibility index (Phi) is 4.13. The first-order valence-corrected chi connectivity index (χ1v) is 8.91. The molecule has 2 aromatic rings. The number of rotatable bonds is 6. The van der Waals surface area contributed by atoms with Crippen LogP contribution in [0.3, 0.4) is 0 Å². The molecular formula is C19H19F2N3O4. The maximum Gasteiger partial charge on any atom is 0.261 e. The summed E-state index contributed by atoms with van der Waals surface area (Å²) in [5.74, 6) is -0.834. The second kappa shape index (κ2) is 6.29. The second-order valence-electron chi connectivity index (χ2n) is 7.17. The number of hydrogen-bond acceptors (Lipinski definition) is 5. The smallest absolute Gasteiger partial charge is 0.261 e. The van der Waals surface area contributed by atoms with Crippen LogP contribution in [-0.2, 0) is 4.79 Å². The summed E-state index contributed by atoms with van der Waals surface area (Å²) < 4.78 is 38.7. The van der Waals surface area contributed by atoms with Crippen molar-refractivity contribution >= 4 is 22.7 Å².